The normalized spacial score (nSPS) is 25.8. The van der Waals surface area contributed by atoms with Crippen LogP contribution in [0, 0.1) is 11.8 Å². The van der Waals surface area contributed by atoms with Crippen molar-refractivity contribution in [3.63, 3.8) is 0 Å². The Hall–Kier alpha value is -1.93. The van der Waals surface area contributed by atoms with Crippen molar-refractivity contribution in [2.75, 3.05) is 7.05 Å². The number of hydrogen-bond acceptors (Lipinski definition) is 5. The van der Waals surface area contributed by atoms with Crippen LogP contribution in [0.2, 0.25) is 0 Å². The Morgan fingerprint density at radius 3 is 2.26 bits per heavy atom. The van der Waals surface area contributed by atoms with Crippen LogP contribution in [0.3, 0.4) is 0 Å². The van der Waals surface area contributed by atoms with E-state index in [2.05, 4.69) is 28.8 Å². The maximum Gasteiger partial charge on any atom is 0.290 e. The minimum absolute atomic E-state index is 0.0278. The minimum atomic E-state index is -0.250. The zero-order chi connectivity index (χ0) is 20.2. The number of unbranched alkanes of at least 4 members (excludes halogenated alkanes) is 1. The highest BCUT2D eigenvalue weighted by atomic mass is 16.3. The van der Waals surface area contributed by atoms with E-state index in [-0.39, 0.29) is 19.0 Å². The predicted octanol–water partition coefficient (Wildman–Crippen LogP) is 2.14. The van der Waals surface area contributed by atoms with Crippen molar-refractivity contribution in [3.8, 4) is 0 Å². The molecule has 2 fully saturated rings. The number of fused-ring (bicyclic) bond motifs is 1. The zero-order valence-corrected chi connectivity index (χ0v) is 16.3. The lowest BCUT2D eigenvalue weighted by Crippen LogP contribution is -2.30. The molecule has 27 heavy (non-hydrogen) atoms. The van der Waals surface area contributed by atoms with E-state index in [0.717, 1.165) is 43.5 Å². The van der Waals surface area contributed by atoms with Crippen LogP contribution < -0.4 is 0 Å². The predicted molar refractivity (Wildman–Crippen MR) is 101 cm³/mol. The van der Waals surface area contributed by atoms with E-state index in [9.17, 15) is 5.11 Å². The summed E-state index contributed by atoms with van der Waals surface area (Å²) in [6.45, 7) is 2.68. The van der Waals surface area contributed by atoms with Gasteiger partial charge in [-0.1, -0.05) is 13.3 Å². The molecule has 1 aromatic heterocycles. The van der Waals surface area contributed by atoms with E-state index in [1.54, 1.807) is 0 Å². The molecule has 2 unspecified atom stereocenters. The van der Waals surface area contributed by atoms with Gasteiger partial charge < -0.3 is 20.3 Å². The minimum Gasteiger partial charge on any atom is -0.483 e. The van der Waals surface area contributed by atoms with Gasteiger partial charge in [0.1, 0.15) is 5.82 Å². The van der Waals surface area contributed by atoms with Crippen LogP contribution in [0.4, 0.5) is 0 Å². The number of carboxylic acid groups (broad SMARTS) is 2. The van der Waals surface area contributed by atoms with Gasteiger partial charge in [0.25, 0.3) is 12.9 Å². The van der Waals surface area contributed by atoms with Gasteiger partial charge >= 0.3 is 0 Å². The fraction of sp³-hybridized carbons (Fsp3) is 0.737. The molecule has 2 aliphatic rings. The van der Waals surface area contributed by atoms with Crippen molar-refractivity contribution in [3.05, 3.63) is 17.7 Å². The van der Waals surface area contributed by atoms with Gasteiger partial charge in [0.15, 0.2) is 0 Å². The van der Waals surface area contributed by atoms with Crippen LogP contribution in [0.15, 0.2) is 6.20 Å². The third-order valence-electron chi connectivity index (χ3n) is 5.46. The van der Waals surface area contributed by atoms with Crippen molar-refractivity contribution < 1.29 is 24.9 Å². The molecule has 1 heterocycles. The number of aliphatic hydroxyl groups excluding tert-OH is 1. The number of aryl methyl sites for hydroxylation is 1. The monoisotopic (exact) mass is 383 g/mol. The van der Waals surface area contributed by atoms with Gasteiger partial charge in [-0.15, -0.1) is 0 Å². The molecule has 8 nitrogen and oxygen atoms in total. The van der Waals surface area contributed by atoms with E-state index < -0.39 is 0 Å². The molecule has 4 atom stereocenters. The van der Waals surface area contributed by atoms with Gasteiger partial charge in [-0.25, -0.2) is 4.98 Å². The van der Waals surface area contributed by atoms with Crippen LogP contribution >= 0.6 is 0 Å². The van der Waals surface area contributed by atoms with Crippen molar-refractivity contribution >= 4 is 12.9 Å². The van der Waals surface area contributed by atoms with Crippen LogP contribution in [0.5, 0.6) is 0 Å². The van der Waals surface area contributed by atoms with Gasteiger partial charge in [0.05, 0.1) is 6.10 Å². The fourth-order valence-corrected chi connectivity index (χ4v) is 4.27. The summed E-state index contributed by atoms with van der Waals surface area (Å²) in [6.07, 6.45) is 10.0. The lowest BCUT2D eigenvalue weighted by atomic mass is 10.0. The first-order chi connectivity index (χ1) is 13.0. The molecular weight excluding hydrogens is 350 g/mol. The third kappa shape index (κ3) is 7.68. The van der Waals surface area contributed by atoms with Crippen molar-refractivity contribution in [1.82, 2.24) is 14.9 Å². The zero-order valence-electron chi connectivity index (χ0n) is 16.3. The van der Waals surface area contributed by atoms with Gasteiger partial charge in [-0.3, -0.25) is 14.5 Å². The second-order valence-electron chi connectivity index (χ2n) is 7.36. The first-order valence-corrected chi connectivity index (χ1v) is 9.55. The summed E-state index contributed by atoms with van der Waals surface area (Å²) >= 11 is 0. The quantitative estimate of drug-likeness (QED) is 0.554. The summed E-state index contributed by atoms with van der Waals surface area (Å²) in [7, 11) is 2.23. The van der Waals surface area contributed by atoms with Crippen molar-refractivity contribution in [2.45, 2.75) is 70.6 Å². The average molecular weight is 383 g/mol. The summed E-state index contributed by atoms with van der Waals surface area (Å²) in [6, 6.07) is 0.676. The third-order valence-corrected chi connectivity index (χ3v) is 5.46. The fourth-order valence-electron chi connectivity index (χ4n) is 4.27. The van der Waals surface area contributed by atoms with Gasteiger partial charge in [0.2, 0.25) is 0 Å². The molecule has 0 amide bonds. The lowest BCUT2D eigenvalue weighted by Gasteiger charge is -2.24. The Bertz CT molecular complexity index is 531. The summed E-state index contributed by atoms with van der Waals surface area (Å²) in [5, 5.41) is 23.5. The number of aromatic nitrogens is 2. The molecule has 0 bridgehead atoms. The Labute approximate surface area is 160 Å². The maximum absolute atomic E-state index is 9.74. The Balaban J connectivity index is 0.000000540. The lowest BCUT2D eigenvalue weighted by molar-refractivity contribution is -0.123. The smallest absolute Gasteiger partial charge is 0.290 e. The van der Waals surface area contributed by atoms with Gasteiger partial charge in [-0.2, -0.15) is 0 Å². The molecular formula is C19H33N3O5. The highest BCUT2D eigenvalue weighted by Gasteiger charge is 2.42. The van der Waals surface area contributed by atoms with Gasteiger partial charge in [-0.05, 0) is 51.0 Å². The first-order valence-electron chi connectivity index (χ1n) is 9.55. The molecule has 0 radical (unpaired) electrons. The standard InChI is InChI=1S/C17H29N3O.2CH2O2/c1-3-4-5-17-18-10-14(19-17)11-20(2)15-6-12-8-16(21)9-13(12)7-15;2*2-1-3/h10,12-13,15-16,21H,3-9,11H2,1-2H3,(H,18,19);2*1H,(H,2,3)/t12-,13+,15?,16?;;. The second kappa shape index (κ2) is 12.5. The number of rotatable bonds is 6. The number of hydrogen-bond donors (Lipinski definition) is 4. The second-order valence-corrected chi connectivity index (χ2v) is 7.36. The number of aromatic amines is 1. The SMILES string of the molecule is CCCCc1ncc(CN(C)C2C[C@H]3CC(O)C[C@H]3C2)[nH]1.O=CO.O=CO. The molecule has 0 aliphatic heterocycles. The van der Waals surface area contributed by atoms with Crippen molar-refractivity contribution in [2.24, 2.45) is 11.8 Å². The van der Waals surface area contributed by atoms with E-state index in [1.165, 1.54) is 31.4 Å². The molecule has 3 rings (SSSR count). The summed E-state index contributed by atoms with van der Waals surface area (Å²) in [4.78, 5) is 27.1. The number of H-pyrrole nitrogens is 1. The molecule has 154 valence electrons. The topological polar surface area (TPSA) is 127 Å². The van der Waals surface area contributed by atoms with Gasteiger partial charge in [0, 0.05) is 30.9 Å². The molecule has 0 aromatic carbocycles. The highest BCUT2D eigenvalue weighted by molar-refractivity contribution is 5.33. The molecule has 4 N–H and O–H groups in total. The van der Waals surface area contributed by atoms with E-state index in [0.29, 0.717) is 6.04 Å². The molecule has 0 spiro atoms. The van der Waals surface area contributed by atoms with Crippen LogP contribution in [0.25, 0.3) is 0 Å². The van der Waals surface area contributed by atoms with E-state index >= 15 is 0 Å². The van der Waals surface area contributed by atoms with E-state index in [1.807, 2.05) is 6.20 Å². The number of imidazole rings is 1. The molecule has 1 aromatic rings. The van der Waals surface area contributed by atoms with Crippen LogP contribution in [-0.2, 0) is 22.6 Å². The Morgan fingerprint density at radius 2 is 1.74 bits per heavy atom. The van der Waals surface area contributed by atoms with Crippen molar-refractivity contribution in [1.29, 1.82) is 0 Å². The molecule has 2 saturated carbocycles. The summed E-state index contributed by atoms with van der Waals surface area (Å²) < 4.78 is 0. The number of carbonyl (C=O) groups is 2. The number of aliphatic hydroxyl groups is 1. The van der Waals surface area contributed by atoms with E-state index in [4.69, 9.17) is 19.8 Å². The molecule has 0 saturated heterocycles. The molecule has 8 heteroatoms. The first kappa shape index (κ1) is 23.1. The number of nitrogens with one attached hydrogen (secondary N) is 1. The molecule has 2 aliphatic carbocycles. The maximum atomic E-state index is 9.74. The Kier molecular flexibility index (Phi) is 10.7. The largest absolute Gasteiger partial charge is 0.483 e. The average Bonchev–Trinajstić information content (AvgIpc) is 3.29. The summed E-state index contributed by atoms with van der Waals surface area (Å²) in [5.41, 5.74) is 1.24. The van der Waals surface area contributed by atoms with Crippen LogP contribution in [-0.4, -0.2) is 62.3 Å². The highest BCUT2D eigenvalue weighted by Crippen LogP contribution is 2.45. The number of nitrogens with zero attached hydrogens (tertiary/aromatic N) is 2. The Morgan fingerprint density at radius 1 is 1.19 bits per heavy atom. The van der Waals surface area contributed by atoms with Crippen LogP contribution in [0.1, 0.15) is 57.0 Å². The summed E-state index contributed by atoms with van der Waals surface area (Å²) in [5.74, 6) is 2.65.